The van der Waals surface area contributed by atoms with Crippen LogP contribution in [0.4, 0.5) is 5.82 Å². The second-order valence-corrected chi connectivity index (χ2v) is 7.12. The molecule has 0 atom stereocenters. The van der Waals surface area contributed by atoms with E-state index >= 15 is 0 Å². The third kappa shape index (κ3) is 5.63. The van der Waals surface area contributed by atoms with E-state index in [9.17, 15) is 4.57 Å². The van der Waals surface area contributed by atoms with E-state index in [2.05, 4.69) is 20.6 Å². The largest absolute Gasteiger partial charge is 0.472 e. The number of hydrogen-bond acceptors (Lipinski definition) is 7. The average Bonchev–Trinajstić information content (AvgIpc) is 3.14. The molecule has 0 aliphatic heterocycles. The Morgan fingerprint density at radius 3 is 2.86 bits per heavy atom. The van der Waals surface area contributed by atoms with E-state index in [1.165, 1.54) is 10.8 Å². The van der Waals surface area contributed by atoms with Gasteiger partial charge < -0.3 is 19.0 Å². The number of nitrogens with zero attached hydrogens (tertiary/aromatic N) is 3. The molecule has 3 aromatic rings. The van der Waals surface area contributed by atoms with E-state index in [0.717, 1.165) is 5.56 Å². The first kappa shape index (κ1) is 20.5. The van der Waals surface area contributed by atoms with Gasteiger partial charge in [0.05, 0.1) is 11.9 Å². The van der Waals surface area contributed by atoms with E-state index in [4.69, 9.17) is 31.2 Å². The molecule has 0 amide bonds. The highest BCUT2D eigenvalue weighted by Crippen LogP contribution is 2.35. The summed E-state index contributed by atoms with van der Waals surface area (Å²) in [5.74, 6) is 3.42. The molecule has 3 aromatic heterocycles. The van der Waals surface area contributed by atoms with Crippen LogP contribution in [0, 0.1) is 12.3 Å². The highest BCUT2D eigenvalue weighted by Gasteiger charge is 2.20. The lowest BCUT2D eigenvalue weighted by molar-refractivity contribution is -0.711. The maximum absolute atomic E-state index is 10.9. The third-order valence-corrected chi connectivity index (χ3v) is 4.24. The number of nitrogen functional groups attached to an aromatic ring is 1. The van der Waals surface area contributed by atoms with E-state index in [-0.39, 0.29) is 12.4 Å². The van der Waals surface area contributed by atoms with Crippen LogP contribution in [-0.2, 0) is 22.2 Å². The van der Waals surface area contributed by atoms with Crippen LogP contribution in [-0.4, -0.2) is 26.5 Å². The molecule has 0 aromatic carbocycles. The van der Waals surface area contributed by atoms with E-state index < -0.39 is 14.6 Å². The van der Waals surface area contributed by atoms with E-state index in [1.54, 1.807) is 30.5 Å². The lowest BCUT2D eigenvalue weighted by atomic mass is 10.1. The van der Waals surface area contributed by atoms with Gasteiger partial charge in [0.25, 0.3) is 5.82 Å². The summed E-state index contributed by atoms with van der Waals surface area (Å²) in [6.45, 7) is -0.262. The van der Waals surface area contributed by atoms with Crippen molar-refractivity contribution in [3.63, 3.8) is 0 Å². The number of ether oxygens (including phenoxy) is 1. The maximum Gasteiger partial charge on any atom is 0.472 e. The molecular weight excluding hydrogens is 399 g/mol. The van der Waals surface area contributed by atoms with Crippen molar-refractivity contribution in [1.82, 2.24) is 10.1 Å². The number of hydrogen-bond donors (Lipinski definition) is 3. The van der Waals surface area contributed by atoms with Crippen molar-refractivity contribution < 1.29 is 32.7 Å². The summed E-state index contributed by atoms with van der Waals surface area (Å²) in [4.78, 5) is 21.9. The van der Waals surface area contributed by atoms with Crippen LogP contribution in [0.25, 0.3) is 11.3 Å². The summed E-state index contributed by atoms with van der Waals surface area (Å²) >= 11 is 0. The molecule has 4 N–H and O–H groups in total. The van der Waals surface area contributed by atoms with Crippen molar-refractivity contribution in [2.75, 3.05) is 12.3 Å². The van der Waals surface area contributed by atoms with Crippen molar-refractivity contribution in [1.29, 1.82) is 0 Å². The zero-order chi connectivity index (χ0) is 20.9. The van der Waals surface area contributed by atoms with Crippen molar-refractivity contribution in [2.45, 2.75) is 13.2 Å². The smallest absolute Gasteiger partial charge is 0.464 e. The number of terminal acetylenes is 1. The lowest BCUT2D eigenvalue weighted by Gasteiger charge is -2.07. The molecule has 0 spiro atoms. The monoisotopic (exact) mass is 417 g/mol. The maximum atomic E-state index is 10.9. The van der Waals surface area contributed by atoms with Crippen LogP contribution >= 0.6 is 7.82 Å². The highest BCUT2D eigenvalue weighted by molar-refractivity contribution is 7.46. The Morgan fingerprint density at radius 2 is 2.17 bits per heavy atom. The fourth-order valence-corrected chi connectivity index (χ4v) is 2.74. The van der Waals surface area contributed by atoms with Gasteiger partial charge in [0.2, 0.25) is 12.6 Å². The first-order valence-corrected chi connectivity index (χ1v) is 9.84. The Morgan fingerprint density at radius 1 is 1.34 bits per heavy atom. The molecule has 0 bridgehead atoms. The minimum Gasteiger partial charge on any atom is -0.464 e. The van der Waals surface area contributed by atoms with E-state index in [1.807, 2.05) is 6.07 Å². The normalized spacial score (nSPS) is 11.2. The second-order valence-electron chi connectivity index (χ2n) is 5.88. The van der Waals surface area contributed by atoms with Gasteiger partial charge in [-0.25, -0.2) is 18.6 Å². The number of pyridine rings is 2. The number of rotatable bonds is 8. The van der Waals surface area contributed by atoms with Crippen LogP contribution in [0.3, 0.4) is 0 Å². The third-order valence-electron chi connectivity index (χ3n) is 3.79. The van der Waals surface area contributed by atoms with Gasteiger partial charge >= 0.3 is 7.82 Å². The van der Waals surface area contributed by atoms with Gasteiger partial charge in [-0.05, 0) is 17.7 Å². The zero-order valence-corrected chi connectivity index (χ0v) is 16.0. The number of phosphoric ester groups is 1. The minimum absolute atomic E-state index is 0.149. The molecule has 0 radical (unpaired) electrons. The van der Waals surface area contributed by atoms with Gasteiger partial charge in [0.1, 0.15) is 5.56 Å². The van der Waals surface area contributed by atoms with Crippen molar-refractivity contribution >= 4 is 13.6 Å². The Kier molecular flexibility index (Phi) is 6.26. The molecule has 29 heavy (non-hydrogen) atoms. The Labute approximate surface area is 166 Å². The lowest BCUT2D eigenvalue weighted by Crippen LogP contribution is -2.38. The molecule has 0 aliphatic rings. The van der Waals surface area contributed by atoms with Gasteiger partial charge in [-0.15, -0.1) is 6.42 Å². The molecule has 0 aliphatic carbocycles. The van der Waals surface area contributed by atoms with Gasteiger partial charge in [-0.3, -0.25) is 5.73 Å². The Hall–Kier alpha value is -3.22. The molecule has 0 saturated heterocycles. The second kappa shape index (κ2) is 8.86. The van der Waals surface area contributed by atoms with E-state index in [0.29, 0.717) is 29.3 Å². The van der Waals surface area contributed by atoms with Crippen molar-refractivity contribution in [3.05, 3.63) is 54.0 Å². The SMILES string of the molecule is C#CCOc1ccc(Cc2cc(-c3ccc[n+](COP(=O)(O)O)c3N)on2)cn1. The number of anilines is 1. The predicted molar refractivity (Wildman–Crippen MR) is 101 cm³/mol. The van der Waals surface area contributed by atoms with Crippen LogP contribution in [0.1, 0.15) is 11.3 Å². The Balaban J connectivity index is 1.73. The molecule has 3 rings (SSSR count). The van der Waals surface area contributed by atoms with Gasteiger partial charge in [0.15, 0.2) is 12.4 Å². The fraction of sp³-hybridized carbons (Fsp3) is 0.167. The number of phosphoric acid groups is 1. The number of aromatic nitrogens is 3. The van der Waals surface area contributed by atoms with Gasteiger partial charge in [-0.2, -0.15) is 0 Å². The molecular formula is C18H18N4O6P+. The average molecular weight is 417 g/mol. The summed E-state index contributed by atoms with van der Waals surface area (Å²) in [5.41, 5.74) is 8.12. The summed E-state index contributed by atoms with van der Waals surface area (Å²) in [6, 6.07) is 8.63. The first-order valence-electron chi connectivity index (χ1n) is 8.31. The summed E-state index contributed by atoms with van der Waals surface area (Å²) in [6.07, 6.45) is 8.80. The van der Waals surface area contributed by atoms with Crippen LogP contribution in [0.15, 0.2) is 47.2 Å². The molecule has 150 valence electrons. The van der Waals surface area contributed by atoms with Crippen LogP contribution in [0.5, 0.6) is 5.88 Å². The molecule has 0 unspecified atom stereocenters. The first-order chi connectivity index (χ1) is 13.9. The quantitative estimate of drug-likeness (QED) is 0.280. The summed E-state index contributed by atoms with van der Waals surface area (Å²) in [5, 5.41) is 4.03. The Bertz CT molecular complexity index is 1070. The zero-order valence-electron chi connectivity index (χ0n) is 15.1. The van der Waals surface area contributed by atoms with Crippen LogP contribution < -0.4 is 15.0 Å². The predicted octanol–water partition coefficient (Wildman–Crippen LogP) is 1.28. The van der Waals surface area contributed by atoms with Gasteiger partial charge in [0, 0.05) is 24.8 Å². The van der Waals surface area contributed by atoms with Crippen molar-refractivity contribution in [3.8, 4) is 29.5 Å². The summed E-state index contributed by atoms with van der Waals surface area (Å²) in [7, 11) is -4.62. The molecule has 3 heterocycles. The number of nitrogens with two attached hydrogens (primary N) is 1. The summed E-state index contributed by atoms with van der Waals surface area (Å²) < 4.78 is 27.3. The fourth-order valence-electron chi connectivity index (χ4n) is 2.47. The molecule has 0 saturated carbocycles. The molecule has 0 fully saturated rings. The van der Waals surface area contributed by atoms with Crippen molar-refractivity contribution in [2.24, 2.45) is 0 Å². The highest BCUT2D eigenvalue weighted by atomic mass is 31.2. The standard InChI is InChI=1S/C18H17N4O6P/c1-2-8-26-17-6-5-13(11-20-17)9-14-10-16(28-21-14)15-4-3-7-22(18(15)19)12-27-29(23,24)25/h1,3-7,10-11,19H,8-9,12H2,(H2,23,24,25)/p+1. The minimum atomic E-state index is -4.62. The van der Waals surface area contributed by atoms with Crippen LogP contribution in [0.2, 0.25) is 0 Å². The molecule has 11 heteroatoms. The molecule has 10 nitrogen and oxygen atoms in total. The topological polar surface area (TPSA) is 145 Å². The van der Waals surface area contributed by atoms with Gasteiger partial charge in [-0.1, -0.05) is 17.1 Å².